The summed E-state index contributed by atoms with van der Waals surface area (Å²) in [5.74, 6) is 0.250. The SMILES string of the molecule is CCC(CNC(=O)Nc1cnn(CC(=O)N2CC(C)OC(C)C2)c1)c1ccccc1. The first kappa shape index (κ1) is 21.8. The normalized spacial score (nSPS) is 19.9. The first-order valence-corrected chi connectivity index (χ1v) is 10.5. The molecular formula is C22H31N5O3. The van der Waals surface area contributed by atoms with Crippen molar-refractivity contribution in [1.29, 1.82) is 0 Å². The van der Waals surface area contributed by atoms with Gasteiger partial charge in [0.05, 0.1) is 24.1 Å². The van der Waals surface area contributed by atoms with Crippen LogP contribution in [0.1, 0.15) is 38.7 Å². The Hall–Kier alpha value is -2.87. The number of amides is 3. The molecule has 30 heavy (non-hydrogen) atoms. The van der Waals surface area contributed by atoms with Gasteiger partial charge in [-0.25, -0.2) is 4.79 Å². The molecule has 1 aliphatic heterocycles. The number of aromatic nitrogens is 2. The highest BCUT2D eigenvalue weighted by Crippen LogP contribution is 2.18. The van der Waals surface area contributed by atoms with Crippen molar-refractivity contribution < 1.29 is 14.3 Å². The van der Waals surface area contributed by atoms with Crippen LogP contribution in [0.25, 0.3) is 0 Å². The van der Waals surface area contributed by atoms with E-state index in [0.29, 0.717) is 25.3 Å². The van der Waals surface area contributed by atoms with Crippen LogP contribution in [0.2, 0.25) is 0 Å². The van der Waals surface area contributed by atoms with Crippen molar-refractivity contribution in [1.82, 2.24) is 20.0 Å². The first-order valence-electron chi connectivity index (χ1n) is 10.5. The van der Waals surface area contributed by atoms with E-state index in [0.717, 1.165) is 6.42 Å². The second-order valence-electron chi connectivity index (χ2n) is 7.83. The number of ether oxygens (including phenoxy) is 1. The van der Waals surface area contributed by atoms with E-state index >= 15 is 0 Å². The third-order valence-electron chi connectivity index (χ3n) is 5.23. The number of carbonyl (C=O) groups is 2. The minimum atomic E-state index is -0.286. The molecule has 1 aliphatic rings. The van der Waals surface area contributed by atoms with E-state index in [1.807, 2.05) is 32.0 Å². The van der Waals surface area contributed by atoms with Crippen molar-refractivity contribution in [3.05, 3.63) is 48.3 Å². The third-order valence-corrected chi connectivity index (χ3v) is 5.23. The van der Waals surface area contributed by atoms with Crippen molar-refractivity contribution in [3.8, 4) is 0 Å². The van der Waals surface area contributed by atoms with E-state index in [4.69, 9.17) is 4.74 Å². The van der Waals surface area contributed by atoms with Gasteiger partial charge in [0.25, 0.3) is 0 Å². The number of benzene rings is 1. The Bertz CT molecular complexity index is 828. The molecule has 1 saturated heterocycles. The maximum atomic E-state index is 12.5. The van der Waals surface area contributed by atoms with Gasteiger partial charge in [0, 0.05) is 31.7 Å². The van der Waals surface area contributed by atoms with Gasteiger partial charge in [-0.05, 0) is 25.8 Å². The number of hydrogen-bond acceptors (Lipinski definition) is 4. The molecule has 0 aliphatic carbocycles. The molecule has 2 aromatic rings. The zero-order valence-corrected chi connectivity index (χ0v) is 17.9. The predicted molar refractivity (Wildman–Crippen MR) is 115 cm³/mol. The largest absolute Gasteiger partial charge is 0.372 e. The van der Waals surface area contributed by atoms with Crippen LogP contribution < -0.4 is 10.6 Å². The Morgan fingerprint density at radius 2 is 1.90 bits per heavy atom. The van der Waals surface area contributed by atoms with E-state index < -0.39 is 0 Å². The summed E-state index contributed by atoms with van der Waals surface area (Å²) >= 11 is 0. The van der Waals surface area contributed by atoms with Crippen LogP contribution in [0.3, 0.4) is 0 Å². The Labute approximate surface area is 177 Å². The molecular weight excluding hydrogens is 382 g/mol. The van der Waals surface area contributed by atoms with E-state index in [1.165, 1.54) is 5.56 Å². The van der Waals surface area contributed by atoms with Crippen LogP contribution in [0.4, 0.5) is 10.5 Å². The molecule has 0 bridgehead atoms. The zero-order valence-electron chi connectivity index (χ0n) is 17.9. The van der Waals surface area contributed by atoms with Gasteiger partial charge in [-0.15, -0.1) is 0 Å². The van der Waals surface area contributed by atoms with Gasteiger partial charge in [0.15, 0.2) is 0 Å². The van der Waals surface area contributed by atoms with Crippen molar-refractivity contribution in [3.63, 3.8) is 0 Å². The lowest BCUT2D eigenvalue weighted by atomic mass is 9.97. The van der Waals surface area contributed by atoms with E-state index in [-0.39, 0.29) is 36.6 Å². The average Bonchev–Trinajstić information content (AvgIpc) is 3.15. The molecule has 1 fully saturated rings. The number of nitrogens with zero attached hydrogens (tertiary/aromatic N) is 3. The van der Waals surface area contributed by atoms with Crippen LogP contribution >= 0.6 is 0 Å². The van der Waals surface area contributed by atoms with Crippen LogP contribution in [0.5, 0.6) is 0 Å². The van der Waals surface area contributed by atoms with Gasteiger partial charge in [-0.1, -0.05) is 37.3 Å². The van der Waals surface area contributed by atoms with Gasteiger partial charge >= 0.3 is 6.03 Å². The van der Waals surface area contributed by atoms with Crippen LogP contribution in [0.15, 0.2) is 42.7 Å². The van der Waals surface area contributed by atoms with E-state index in [9.17, 15) is 9.59 Å². The third kappa shape index (κ3) is 6.06. The lowest BCUT2D eigenvalue weighted by molar-refractivity contribution is -0.144. The molecule has 0 radical (unpaired) electrons. The smallest absolute Gasteiger partial charge is 0.319 e. The van der Waals surface area contributed by atoms with Crippen LogP contribution in [-0.4, -0.2) is 58.5 Å². The molecule has 1 aromatic heterocycles. The Morgan fingerprint density at radius 1 is 1.20 bits per heavy atom. The van der Waals surface area contributed by atoms with Crippen molar-refractivity contribution >= 4 is 17.6 Å². The Balaban J connectivity index is 1.47. The maximum Gasteiger partial charge on any atom is 0.319 e. The molecule has 162 valence electrons. The minimum Gasteiger partial charge on any atom is -0.372 e. The maximum absolute atomic E-state index is 12.5. The van der Waals surface area contributed by atoms with Crippen molar-refractivity contribution in [2.24, 2.45) is 0 Å². The fourth-order valence-electron chi connectivity index (χ4n) is 3.75. The van der Waals surface area contributed by atoms with Crippen LogP contribution in [0, 0.1) is 0 Å². The second-order valence-corrected chi connectivity index (χ2v) is 7.83. The molecule has 0 saturated carbocycles. The molecule has 8 nitrogen and oxygen atoms in total. The molecule has 3 atom stereocenters. The minimum absolute atomic E-state index is 0.00949. The molecule has 0 spiro atoms. The topological polar surface area (TPSA) is 88.5 Å². The summed E-state index contributed by atoms with van der Waals surface area (Å²) in [7, 11) is 0. The summed E-state index contributed by atoms with van der Waals surface area (Å²) in [5.41, 5.74) is 1.76. The van der Waals surface area contributed by atoms with Crippen molar-refractivity contribution in [2.75, 3.05) is 25.0 Å². The molecule has 1 aromatic carbocycles. The number of rotatable bonds is 7. The number of anilines is 1. The lowest BCUT2D eigenvalue weighted by Crippen LogP contribution is -2.49. The number of hydrogen-bond donors (Lipinski definition) is 2. The number of morpholine rings is 1. The van der Waals surface area contributed by atoms with Crippen molar-refractivity contribution in [2.45, 2.75) is 51.9 Å². The van der Waals surface area contributed by atoms with Gasteiger partial charge < -0.3 is 20.3 Å². The average molecular weight is 414 g/mol. The molecule has 2 heterocycles. The highest BCUT2D eigenvalue weighted by atomic mass is 16.5. The van der Waals surface area contributed by atoms with Gasteiger partial charge in [-0.2, -0.15) is 5.10 Å². The second kappa shape index (κ2) is 10.2. The standard InChI is InChI=1S/C22H31N5O3/c1-4-18(19-8-6-5-7-9-19)10-23-22(29)25-20-11-24-27(14-20)15-21(28)26-12-16(2)30-17(3)13-26/h5-9,11,14,16-18H,4,10,12-13,15H2,1-3H3,(H2,23,25,29). The summed E-state index contributed by atoms with van der Waals surface area (Å²) in [6.07, 6.45) is 4.20. The highest BCUT2D eigenvalue weighted by Gasteiger charge is 2.26. The number of carbonyl (C=O) groups excluding carboxylic acids is 2. The predicted octanol–water partition coefficient (Wildman–Crippen LogP) is 2.83. The van der Waals surface area contributed by atoms with Gasteiger partial charge in [0.2, 0.25) is 5.91 Å². The Morgan fingerprint density at radius 3 is 2.57 bits per heavy atom. The lowest BCUT2D eigenvalue weighted by Gasteiger charge is -2.35. The fraction of sp³-hybridized carbons (Fsp3) is 0.500. The summed E-state index contributed by atoms with van der Waals surface area (Å²) in [6.45, 7) is 7.88. The van der Waals surface area contributed by atoms with Crippen LogP contribution in [-0.2, 0) is 16.1 Å². The molecule has 8 heteroatoms. The summed E-state index contributed by atoms with van der Waals surface area (Å²) < 4.78 is 7.21. The van der Waals surface area contributed by atoms with E-state index in [1.54, 1.807) is 22.0 Å². The van der Waals surface area contributed by atoms with E-state index in [2.05, 4.69) is 34.8 Å². The molecule has 2 N–H and O–H groups in total. The monoisotopic (exact) mass is 413 g/mol. The molecule has 3 unspecified atom stereocenters. The van der Waals surface area contributed by atoms with Gasteiger partial charge in [0.1, 0.15) is 6.54 Å². The summed E-state index contributed by atoms with van der Waals surface area (Å²) in [4.78, 5) is 26.6. The zero-order chi connectivity index (χ0) is 21.5. The number of urea groups is 1. The molecule has 3 amide bonds. The van der Waals surface area contributed by atoms with Gasteiger partial charge in [-0.3, -0.25) is 9.48 Å². The highest BCUT2D eigenvalue weighted by molar-refractivity contribution is 5.89. The summed E-state index contributed by atoms with van der Waals surface area (Å²) in [6, 6.07) is 9.86. The Kier molecular flexibility index (Phi) is 7.46. The summed E-state index contributed by atoms with van der Waals surface area (Å²) in [5, 5.41) is 9.89. The quantitative estimate of drug-likeness (QED) is 0.731. The number of nitrogens with one attached hydrogen (secondary N) is 2. The molecule has 3 rings (SSSR count). The first-order chi connectivity index (χ1) is 14.4. The fourth-order valence-corrected chi connectivity index (χ4v) is 3.75.